The molecule has 0 fully saturated rings. The van der Waals surface area contributed by atoms with Crippen molar-refractivity contribution in [3.8, 4) is 0 Å². The molecule has 136 valence electrons. The number of hydrogen-bond donors (Lipinski definition) is 1. The van der Waals surface area contributed by atoms with E-state index in [9.17, 15) is 20.2 Å². The fraction of sp³-hybridized carbons (Fsp3) is 0.286. The zero-order valence-electron chi connectivity index (χ0n) is 14.2. The van der Waals surface area contributed by atoms with Crippen LogP contribution >= 0.6 is 11.6 Å². The molecule has 0 atom stereocenters. The fourth-order valence-corrected chi connectivity index (χ4v) is 1.34. The molecule has 25 heavy (non-hydrogen) atoms. The average molecular weight is 371 g/mol. The molecule has 0 spiro atoms. The highest BCUT2D eigenvalue weighted by molar-refractivity contribution is 6.29. The Bertz CT molecular complexity index is 664. The van der Waals surface area contributed by atoms with Crippen molar-refractivity contribution in [2.24, 2.45) is 0 Å². The Morgan fingerprint density at radius 2 is 1.40 bits per heavy atom. The summed E-state index contributed by atoms with van der Waals surface area (Å²) in [5.74, 6) is 0.709. The molecule has 0 radical (unpaired) electrons. The van der Waals surface area contributed by atoms with Gasteiger partial charge in [0.05, 0.1) is 9.85 Å². The van der Waals surface area contributed by atoms with Gasteiger partial charge in [-0.2, -0.15) is 0 Å². The van der Waals surface area contributed by atoms with Crippen molar-refractivity contribution >= 4 is 28.8 Å². The van der Waals surface area contributed by atoms with Crippen molar-refractivity contribution in [3.05, 3.63) is 62.0 Å². The van der Waals surface area contributed by atoms with E-state index in [1.165, 1.54) is 24.4 Å². The van der Waals surface area contributed by atoms with Crippen LogP contribution in [0.1, 0.15) is 0 Å². The van der Waals surface area contributed by atoms with Gasteiger partial charge in [-0.3, -0.25) is 20.2 Å². The van der Waals surface area contributed by atoms with E-state index >= 15 is 0 Å². The number of hydrogen-bond acceptors (Lipinski definition) is 8. The Hall–Kier alpha value is -2.85. The summed E-state index contributed by atoms with van der Waals surface area (Å²) in [5.41, 5.74) is -0.0370. The topological polar surface area (TPSA) is 127 Å². The van der Waals surface area contributed by atoms with E-state index in [0.717, 1.165) is 6.20 Å². The molecule has 0 aliphatic heterocycles. The summed E-state index contributed by atoms with van der Waals surface area (Å²) in [7, 11) is 7.41. The van der Waals surface area contributed by atoms with Gasteiger partial charge in [0.15, 0.2) is 0 Å². The van der Waals surface area contributed by atoms with Crippen molar-refractivity contribution < 1.29 is 9.85 Å². The number of pyridine rings is 2. The van der Waals surface area contributed by atoms with Gasteiger partial charge in [-0.15, -0.1) is 0 Å². The number of aromatic nitrogens is 2. The first kappa shape index (κ1) is 22.1. The van der Waals surface area contributed by atoms with Crippen LogP contribution in [0, 0.1) is 20.2 Å². The van der Waals surface area contributed by atoms with E-state index in [1.54, 1.807) is 11.0 Å². The van der Waals surface area contributed by atoms with E-state index in [4.69, 9.17) is 11.6 Å². The zero-order chi connectivity index (χ0) is 19.4. The first-order valence-corrected chi connectivity index (χ1v) is 7.22. The third-order valence-corrected chi connectivity index (χ3v) is 2.55. The molecular weight excluding hydrogens is 352 g/mol. The van der Waals surface area contributed by atoms with Crippen LogP contribution in [0.15, 0.2) is 36.7 Å². The molecule has 0 amide bonds. The maximum atomic E-state index is 10.2. The molecule has 2 heterocycles. The molecule has 2 aromatic heterocycles. The summed E-state index contributed by atoms with van der Waals surface area (Å²) in [6, 6.07) is 5.72. The molecule has 1 N–H and O–H groups in total. The Labute approximate surface area is 149 Å². The highest BCUT2D eigenvalue weighted by Gasteiger charge is 2.05. The molecule has 11 heteroatoms. The van der Waals surface area contributed by atoms with E-state index in [-0.39, 0.29) is 16.5 Å². The Morgan fingerprint density at radius 1 is 0.960 bits per heavy atom. The van der Waals surface area contributed by atoms with Gasteiger partial charge in [-0.05, 0) is 26.2 Å². The average Bonchev–Trinajstić information content (AvgIpc) is 2.56. The number of nitrogens with one attached hydrogen (secondary N) is 1. The van der Waals surface area contributed by atoms with Crippen LogP contribution in [0.25, 0.3) is 0 Å². The molecule has 0 saturated carbocycles. The molecule has 0 aromatic carbocycles. The third-order valence-electron chi connectivity index (χ3n) is 2.32. The van der Waals surface area contributed by atoms with E-state index in [0.29, 0.717) is 5.82 Å². The summed E-state index contributed by atoms with van der Waals surface area (Å²) in [4.78, 5) is 28.5. The number of nitrogens with zero attached hydrogens (tertiary/aromatic N) is 5. The minimum Gasteiger partial charge on any atom is -0.363 e. The first-order chi connectivity index (χ1) is 11.7. The number of halogens is 1. The van der Waals surface area contributed by atoms with Crippen LogP contribution in [0.2, 0.25) is 5.15 Å². The maximum absolute atomic E-state index is 10.2. The van der Waals surface area contributed by atoms with Crippen LogP contribution in [-0.2, 0) is 0 Å². The van der Waals surface area contributed by atoms with Gasteiger partial charge in [-0.1, -0.05) is 11.6 Å². The van der Waals surface area contributed by atoms with Crippen LogP contribution in [0.3, 0.4) is 0 Å². The summed E-state index contributed by atoms with van der Waals surface area (Å²) < 4.78 is 0. The van der Waals surface area contributed by atoms with Crippen molar-refractivity contribution in [1.29, 1.82) is 0 Å². The first-order valence-electron chi connectivity index (χ1n) is 6.85. The quantitative estimate of drug-likeness (QED) is 0.496. The lowest BCUT2D eigenvalue weighted by atomic mass is 10.4. The van der Waals surface area contributed by atoms with E-state index < -0.39 is 9.85 Å². The second-order valence-corrected chi connectivity index (χ2v) is 5.01. The highest BCUT2D eigenvalue weighted by atomic mass is 35.5. The smallest absolute Gasteiger partial charge is 0.287 e. The van der Waals surface area contributed by atoms with Crippen molar-refractivity contribution in [2.45, 2.75) is 0 Å². The minimum absolute atomic E-state index is 0.0144. The van der Waals surface area contributed by atoms with Gasteiger partial charge in [-0.25, -0.2) is 9.97 Å². The minimum atomic E-state index is -0.524. The second kappa shape index (κ2) is 11.6. The highest BCUT2D eigenvalue weighted by Crippen LogP contribution is 2.13. The molecule has 0 bridgehead atoms. The van der Waals surface area contributed by atoms with E-state index in [1.807, 2.05) is 28.2 Å². The molecule has 0 saturated heterocycles. The van der Waals surface area contributed by atoms with Crippen molar-refractivity contribution in [3.63, 3.8) is 0 Å². The predicted octanol–water partition coefficient (Wildman–Crippen LogP) is 2.53. The van der Waals surface area contributed by atoms with Gasteiger partial charge in [0.25, 0.3) is 11.4 Å². The Morgan fingerprint density at radius 3 is 1.68 bits per heavy atom. The number of anilines is 1. The summed E-state index contributed by atoms with van der Waals surface area (Å²) in [5, 5.41) is 23.3. The van der Waals surface area contributed by atoms with Crippen LogP contribution in [0.4, 0.5) is 17.2 Å². The number of rotatable bonds is 3. The lowest BCUT2D eigenvalue weighted by Gasteiger charge is -2.09. The summed E-state index contributed by atoms with van der Waals surface area (Å²) in [6.45, 7) is 0. The molecule has 0 aliphatic rings. The Kier molecular flexibility index (Phi) is 10.3. The second-order valence-electron chi connectivity index (χ2n) is 4.62. The molecule has 0 aliphatic carbocycles. The van der Waals surface area contributed by atoms with Crippen molar-refractivity contribution in [2.75, 3.05) is 33.1 Å². The molecule has 2 aromatic rings. The van der Waals surface area contributed by atoms with Crippen LogP contribution in [-0.4, -0.2) is 48.0 Å². The van der Waals surface area contributed by atoms with Gasteiger partial charge in [0.2, 0.25) is 0 Å². The van der Waals surface area contributed by atoms with Crippen LogP contribution < -0.4 is 10.2 Å². The standard InChI is InChI=1S/C7H9N3O2.C5H3ClN2O2.C2H7N/c1-9(2)7-4-3-6(5-8-7)10(11)12;6-5-2-1-4(3-7-5)8(9)10;1-3-2/h3-5H,1-2H3;1-3H;3H,1-2H3. The summed E-state index contributed by atoms with van der Waals surface area (Å²) >= 11 is 5.38. The predicted molar refractivity (Wildman–Crippen MR) is 96.1 cm³/mol. The normalized spacial score (nSPS) is 9.00. The fourth-order valence-electron chi connectivity index (χ4n) is 1.23. The Balaban J connectivity index is 0.000000403. The van der Waals surface area contributed by atoms with Gasteiger partial charge in [0.1, 0.15) is 23.4 Å². The van der Waals surface area contributed by atoms with Gasteiger partial charge in [0, 0.05) is 26.2 Å². The summed E-state index contributed by atoms with van der Waals surface area (Å²) in [6.07, 6.45) is 2.36. The lowest BCUT2D eigenvalue weighted by molar-refractivity contribution is -0.385. The lowest BCUT2D eigenvalue weighted by Crippen LogP contribution is -2.10. The zero-order valence-corrected chi connectivity index (χ0v) is 15.0. The number of nitro groups is 2. The van der Waals surface area contributed by atoms with Crippen LogP contribution in [0.5, 0.6) is 0 Å². The molecule has 10 nitrogen and oxygen atoms in total. The monoisotopic (exact) mass is 370 g/mol. The van der Waals surface area contributed by atoms with Crippen molar-refractivity contribution in [1.82, 2.24) is 15.3 Å². The SMILES string of the molecule is CN(C)c1ccc([N+](=O)[O-])cn1.CNC.O=[N+]([O-])c1ccc(Cl)nc1. The maximum Gasteiger partial charge on any atom is 0.287 e. The van der Waals surface area contributed by atoms with E-state index in [2.05, 4.69) is 15.3 Å². The largest absolute Gasteiger partial charge is 0.363 e. The molecule has 2 rings (SSSR count). The van der Waals surface area contributed by atoms with Gasteiger partial charge < -0.3 is 10.2 Å². The molecule has 0 unspecified atom stereocenters. The van der Waals surface area contributed by atoms with Gasteiger partial charge >= 0.3 is 0 Å². The molecular formula is C14H19ClN6O4. The third kappa shape index (κ3) is 9.13.